The second kappa shape index (κ2) is 9.53. The summed E-state index contributed by atoms with van der Waals surface area (Å²) in [6.45, 7) is 0. The van der Waals surface area contributed by atoms with Gasteiger partial charge in [0.1, 0.15) is 11.6 Å². The van der Waals surface area contributed by atoms with Gasteiger partial charge in [-0.15, -0.1) is 11.3 Å². The molecule has 0 aliphatic rings. The maximum absolute atomic E-state index is 12.3. The number of hydrogen-bond acceptors (Lipinski definition) is 5. The number of para-hydroxylation sites is 2. The maximum Gasteiger partial charge on any atom is 0.268 e. The van der Waals surface area contributed by atoms with Crippen molar-refractivity contribution in [3.8, 4) is 6.07 Å². The van der Waals surface area contributed by atoms with Gasteiger partial charge in [0.05, 0.1) is 0 Å². The molecule has 0 bridgehead atoms. The summed E-state index contributed by atoms with van der Waals surface area (Å²) in [4.78, 5) is 18.5. The first-order chi connectivity index (χ1) is 15.2. The van der Waals surface area contributed by atoms with E-state index in [1.807, 2.05) is 66.7 Å². The largest absolute Gasteiger partial charge is 0.311 e. The van der Waals surface area contributed by atoms with Crippen LogP contribution in [0.25, 0.3) is 6.08 Å². The molecule has 6 heteroatoms. The number of carbonyl (C=O) groups excluding carboxylic acids is 1. The molecule has 0 atom stereocenters. The lowest BCUT2D eigenvalue weighted by Crippen LogP contribution is -2.13. The van der Waals surface area contributed by atoms with Crippen LogP contribution in [-0.2, 0) is 4.79 Å². The Morgan fingerprint density at radius 3 is 2.00 bits per heavy atom. The molecule has 0 radical (unpaired) electrons. The molecule has 1 heterocycles. The van der Waals surface area contributed by atoms with Crippen molar-refractivity contribution in [3.05, 3.63) is 108 Å². The Morgan fingerprint density at radius 2 is 1.48 bits per heavy atom. The van der Waals surface area contributed by atoms with Crippen molar-refractivity contribution in [3.63, 3.8) is 0 Å². The Morgan fingerprint density at radius 1 is 0.903 bits per heavy atom. The first-order valence-corrected chi connectivity index (χ1v) is 10.5. The van der Waals surface area contributed by atoms with Gasteiger partial charge in [0.2, 0.25) is 0 Å². The van der Waals surface area contributed by atoms with E-state index in [1.54, 1.807) is 17.7 Å². The molecule has 0 fully saturated rings. The van der Waals surface area contributed by atoms with E-state index >= 15 is 0 Å². The molecule has 31 heavy (non-hydrogen) atoms. The number of nitriles is 1. The van der Waals surface area contributed by atoms with Crippen LogP contribution < -0.4 is 10.2 Å². The molecule has 0 spiro atoms. The van der Waals surface area contributed by atoms with Crippen LogP contribution >= 0.6 is 11.3 Å². The minimum absolute atomic E-state index is 0.0194. The minimum atomic E-state index is -0.475. The molecule has 1 N–H and O–H groups in total. The molecule has 0 unspecified atom stereocenters. The summed E-state index contributed by atoms with van der Waals surface area (Å²) in [7, 11) is 0. The van der Waals surface area contributed by atoms with E-state index in [9.17, 15) is 10.1 Å². The van der Waals surface area contributed by atoms with E-state index in [2.05, 4.69) is 39.5 Å². The molecule has 0 saturated carbocycles. The smallest absolute Gasteiger partial charge is 0.268 e. The minimum Gasteiger partial charge on any atom is -0.311 e. The van der Waals surface area contributed by atoms with Crippen molar-refractivity contribution in [1.29, 1.82) is 5.26 Å². The van der Waals surface area contributed by atoms with Crippen LogP contribution in [0.5, 0.6) is 0 Å². The van der Waals surface area contributed by atoms with Crippen LogP contribution in [0, 0.1) is 11.3 Å². The topological polar surface area (TPSA) is 69.0 Å². The average molecular weight is 423 g/mol. The van der Waals surface area contributed by atoms with Crippen molar-refractivity contribution in [2.75, 3.05) is 10.2 Å². The van der Waals surface area contributed by atoms with E-state index in [1.165, 1.54) is 11.3 Å². The molecule has 4 rings (SSSR count). The third-order valence-electron chi connectivity index (χ3n) is 4.51. The number of benzene rings is 3. The zero-order valence-electron chi connectivity index (χ0n) is 16.5. The molecule has 0 aliphatic carbocycles. The van der Waals surface area contributed by atoms with Gasteiger partial charge in [-0.3, -0.25) is 10.1 Å². The molecule has 3 aromatic carbocycles. The second-order valence-electron chi connectivity index (χ2n) is 6.56. The third-order valence-corrected chi connectivity index (χ3v) is 5.20. The van der Waals surface area contributed by atoms with E-state index < -0.39 is 5.91 Å². The van der Waals surface area contributed by atoms with Crippen molar-refractivity contribution < 1.29 is 4.79 Å². The number of thiazole rings is 1. The lowest BCUT2D eigenvalue weighted by molar-refractivity contribution is -0.112. The van der Waals surface area contributed by atoms with Crippen LogP contribution in [0.15, 0.2) is 102 Å². The van der Waals surface area contributed by atoms with Crippen molar-refractivity contribution in [1.82, 2.24) is 4.98 Å². The number of rotatable bonds is 6. The summed E-state index contributed by atoms with van der Waals surface area (Å²) in [6, 6.07) is 29.9. The number of nitrogens with zero attached hydrogens (tertiary/aromatic N) is 3. The molecule has 5 nitrogen and oxygen atoms in total. The number of aromatic nitrogens is 1. The molecule has 0 aliphatic heterocycles. The highest BCUT2D eigenvalue weighted by Crippen LogP contribution is 2.34. The van der Waals surface area contributed by atoms with Crippen LogP contribution in [0.3, 0.4) is 0 Å². The Bertz CT molecular complexity index is 1170. The summed E-state index contributed by atoms with van der Waals surface area (Å²) in [6.07, 6.45) is 3.17. The van der Waals surface area contributed by atoms with Crippen LogP contribution in [0.1, 0.15) is 5.56 Å². The second-order valence-corrected chi connectivity index (χ2v) is 7.45. The first kappa shape index (κ1) is 20.1. The summed E-state index contributed by atoms with van der Waals surface area (Å²) in [5.74, 6) is -0.475. The standard InChI is InChI=1S/C25H18N4OS/c26-18-20(24(30)28-25-27-15-16-31-25)17-19-11-13-23(14-12-19)29(21-7-3-1-4-8-21)22-9-5-2-6-10-22/h1-17H,(H,27,28,30)/b20-17+. The molecular formula is C25H18N4OS. The van der Waals surface area contributed by atoms with Gasteiger partial charge in [-0.1, -0.05) is 48.5 Å². The van der Waals surface area contributed by atoms with Crippen LogP contribution in [0.2, 0.25) is 0 Å². The normalized spacial score (nSPS) is 10.9. The van der Waals surface area contributed by atoms with Crippen LogP contribution in [0.4, 0.5) is 22.2 Å². The third kappa shape index (κ3) is 4.86. The monoisotopic (exact) mass is 422 g/mol. The van der Waals surface area contributed by atoms with Gasteiger partial charge >= 0.3 is 0 Å². The lowest BCUT2D eigenvalue weighted by Gasteiger charge is -2.25. The highest BCUT2D eigenvalue weighted by atomic mass is 32.1. The molecule has 4 aromatic rings. The fourth-order valence-corrected chi connectivity index (χ4v) is 3.61. The summed E-state index contributed by atoms with van der Waals surface area (Å²) in [5, 5.41) is 14.3. The van der Waals surface area contributed by atoms with E-state index in [0.717, 1.165) is 22.6 Å². The number of hydrogen-bond donors (Lipinski definition) is 1. The van der Waals surface area contributed by atoms with Gasteiger partial charge in [0.25, 0.3) is 5.91 Å². The maximum atomic E-state index is 12.3. The van der Waals surface area contributed by atoms with Crippen LogP contribution in [-0.4, -0.2) is 10.9 Å². The van der Waals surface area contributed by atoms with Gasteiger partial charge in [-0.05, 0) is 48.0 Å². The fraction of sp³-hybridized carbons (Fsp3) is 0. The van der Waals surface area contributed by atoms with E-state index in [-0.39, 0.29) is 5.57 Å². The lowest BCUT2D eigenvalue weighted by atomic mass is 10.1. The number of carbonyl (C=O) groups is 1. The summed E-state index contributed by atoms with van der Waals surface area (Å²) < 4.78 is 0. The van der Waals surface area contributed by atoms with Gasteiger partial charge in [0, 0.05) is 28.6 Å². The predicted molar refractivity (Wildman–Crippen MR) is 125 cm³/mol. The molecule has 1 aromatic heterocycles. The molecule has 0 saturated heterocycles. The Balaban J connectivity index is 1.62. The average Bonchev–Trinajstić information content (AvgIpc) is 3.33. The fourth-order valence-electron chi connectivity index (χ4n) is 3.09. The zero-order chi connectivity index (χ0) is 21.5. The predicted octanol–water partition coefficient (Wildman–Crippen LogP) is 6.16. The zero-order valence-corrected chi connectivity index (χ0v) is 17.3. The molecule has 150 valence electrons. The summed E-state index contributed by atoms with van der Waals surface area (Å²) in [5.41, 5.74) is 3.83. The Kier molecular flexibility index (Phi) is 6.17. The molecule has 1 amide bonds. The van der Waals surface area contributed by atoms with Gasteiger partial charge in [0.15, 0.2) is 5.13 Å². The first-order valence-electron chi connectivity index (χ1n) is 9.57. The van der Waals surface area contributed by atoms with E-state index in [4.69, 9.17) is 0 Å². The van der Waals surface area contributed by atoms with E-state index in [0.29, 0.717) is 5.13 Å². The number of anilines is 4. The number of amides is 1. The molecular weight excluding hydrogens is 404 g/mol. The Hall–Kier alpha value is -4.21. The SMILES string of the molecule is N#C/C(=C\c1ccc(N(c2ccccc2)c2ccccc2)cc1)C(=O)Nc1nccs1. The van der Waals surface area contributed by atoms with Crippen molar-refractivity contribution in [2.24, 2.45) is 0 Å². The number of nitrogens with one attached hydrogen (secondary N) is 1. The highest BCUT2D eigenvalue weighted by molar-refractivity contribution is 7.13. The quantitative estimate of drug-likeness (QED) is 0.298. The summed E-state index contributed by atoms with van der Waals surface area (Å²) >= 11 is 1.30. The van der Waals surface area contributed by atoms with Gasteiger partial charge in [-0.2, -0.15) is 5.26 Å². The van der Waals surface area contributed by atoms with Gasteiger partial charge < -0.3 is 4.90 Å². The van der Waals surface area contributed by atoms with Crippen molar-refractivity contribution >= 4 is 45.5 Å². The van der Waals surface area contributed by atoms with Crippen molar-refractivity contribution in [2.45, 2.75) is 0 Å². The Labute approximate surface area is 184 Å². The highest BCUT2D eigenvalue weighted by Gasteiger charge is 2.13. The van der Waals surface area contributed by atoms with Gasteiger partial charge in [-0.25, -0.2) is 4.98 Å².